The van der Waals surface area contributed by atoms with Gasteiger partial charge in [0.1, 0.15) is 5.76 Å². The molecule has 150 valence electrons. The van der Waals surface area contributed by atoms with Gasteiger partial charge in [-0.05, 0) is 73.4 Å². The minimum absolute atomic E-state index is 0.236. The molecule has 0 aliphatic carbocycles. The highest BCUT2D eigenvalue weighted by Crippen LogP contribution is 2.32. The van der Waals surface area contributed by atoms with E-state index in [4.69, 9.17) is 27.6 Å². The molecule has 1 amide bonds. The normalized spacial score (nSPS) is 14.8. The maximum absolute atomic E-state index is 12.6. The third kappa shape index (κ3) is 4.60. The predicted octanol–water partition coefficient (Wildman–Crippen LogP) is 6.74. The van der Waals surface area contributed by atoms with Crippen LogP contribution in [0.1, 0.15) is 30.3 Å². The van der Waals surface area contributed by atoms with Crippen LogP contribution in [0.15, 0.2) is 59.0 Å². The molecule has 1 aliphatic heterocycles. The summed E-state index contributed by atoms with van der Waals surface area (Å²) in [7, 11) is 0. The van der Waals surface area contributed by atoms with Gasteiger partial charge < -0.3 is 14.6 Å². The molecular formula is C23H22Cl2N2O2. The molecule has 0 spiro atoms. The molecule has 1 aliphatic rings. The standard InChI is InChI=1S/C23H22Cl2N2O2/c1-15-10-12-27(13-11-15)20-7-6-18(14-19(20)25)26-23(28)22-9-8-21(29-22)16-2-4-17(24)5-3-16/h2-9,14-15H,10-13H2,1H3,(H,26,28). The number of rotatable bonds is 4. The van der Waals surface area contributed by atoms with Crippen molar-refractivity contribution in [1.82, 2.24) is 0 Å². The van der Waals surface area contributed by atoms with Gasteiger partial charge in [0.25, 0.3) is 5.91 Å². The summed E-state index contributed by atoms with van der Waals surface area (Å²) in [4.78, 5) is 14.9. The van der Waals surface area contributed by atoms with Gasteiger partial charge in [-0.3, -0.25) is 4.79 Å². The SMILES string of the molecule is CC1CCN(c2ccc(NC(=O)c3ccc(-c4ccc(Cl)cc4)o3)cc2Cl)CC1. The number of nitrogens with zero attached hydrogens (tertiary/aromatic N) is 1. The summed E-state index contributed by atoms with van der Waals surface area (Å²) in [6.07, 6.45) is 2.34. The summed E-state index contributed by atoms with van der Waals surface area (Å²) < 4.78 is 5.71. The number of amides is 1. The van der Waals surface area contributed by atoms with Crippen LogP contribution in [0.25, 0.3) is 11.3 Å². The number of anilines is 2. The fraction of sp³-hybridized carbons (Fsp3) is 0.261. The number of hydrogen-bond acceptors (Lipinski definition) is 3. The van der Waals surface area contributed by atoms with Crippen LogP contribution in [0.2, 0.25) is 10.0 Å². The lowest BCUT2D eigenvalue weighted by Gasteiger charge is -2.32. The second-order valence-corrected chi connectivity index (χ2v) is 8.30. The maximum Gasteiger partial charge on any atom is 0.291 e. The highest BCUT2D eigenvalue weighted by molar-refractivity contribution is 6.33. The van der Waals surface area contributed by atoms with Crippen molar-refractivity contribution in [3.63, 3.8) is 0 Å². The summed E-state index contributed by atoms with van der Waals surface area (Å²) >= 11 is 12.4. The molecule has 1 fully saturated rings. The zero-order chi connectivity index (χ0) is 20.4. The summed E-state index contributed by atoms with van der Waals surface area (Å²) in [6.45, 7) is 4.30. The molecule has 1 aromatic heterocycles. The van der Waals surface area contributed by atoms with Gasteiger partial charge in [0.05, 0.1) is 10.7 Å². The molecule has 0 radical (unpaired) electrons. The largest absolute Gasteiger partial charge is 0.451 e. The first-order valence-electron chi connectivity index (χ1n) is 9.71. The fourth-order valence-electron chi connectivity index (χ4n) is 3.51. The first kappa shape index (κ1) is 19.9. The van der Waals surface area contributed by atoms with Crippen molar-refractivity contribution >= 4 is 40.5 Å². The lowest BCUT2D eigenvalue weighted by molar-refractivity contribution is 0.0997. The second kappa shape index (κ2) is 8.52. The summed E-state index contributed by atoms with van der Waals surface area (Å²) in [5, 5.41) is 4.14. The van der Waals surface area contributed by atoms with Crippen LogP contribution in [-0.4, -0.2) is 19.0 Å². The summed E-state index contributed by atoms with van der Waals surface area (Å²) in [5.41, 5.74) is 2.51. The number of piperidine rings is 1. The molecule has 0 saturated carbocycles. The van der Waals surface area contributed by atoms with Crippen molar-refractivity contribution in [2.75, 3.05) is 23.3 Å². The van der Waals surface area contributed by atoms with Crippen LogP contribution in [0.5, 0.6) is 0 Å². The lowest BCUT2D eigenvalue weighted by atomic mass is 9.99. The quantitative estimate of drug-likeness (QED) is 0.500. The van der Waals surface area contributed by atoms with Crippen molar-refractivity contribution in [2.45, 2.75) is 19.8 Å². The number of halogens is 2. The molecule has 0 unspecified atom stereocenters. The molecule has 1 saturated heterocycles. The third-order valence-electron chi connectivity index (χ3n) is 5.29. The number of benzene rings is 2. The Balaban J connectivity index is 1.45. The number of hydrogen-bond donors (Lipinski definition) is 1. The summed E-state index contributed by atoms with van der Waals surface area (Å²) in [5.74, 6) is 1.29. The minimum atomic E-state index is -0.319. The van der Waals surface area contributed by atoms with Crippen LogP contribution in [0.4, 0.5) is 11.4 Å². The zero-order valence-electron chi connectivity index (χ0n) is 16.1. The van der Waals surface area contributed by atoms with E-state index in [-0.39, 0.29) is 11.7 Å². The van der Waals surface area contributed by atoms with Crippen LogP contribution in [0.3, 0.4) is 0 Å². The van der Waals surface area contributed by atoms with Crippen molar-refractivity contribution in [2.24, 2.45) is 5.92 Å². The van der Waals surface area contributed by atoms with Gasteiger partial charge in [-0.1, -0.05) is 30.1 Å². The Morgan fingerprint density at radius 2 is 1.76 bits per heavy atom. The van der Waals surface area contributed by atoms with Gasteiger partial charge in [-0.15, -0.1) is 0 Å². The van der Waals surface area contributed by atoms with E-state index in [1.807, 2.05) is 24.3 Å². The second-order valence-electron chi connectivity index (χ2n) is 7.46. The van der Waals surface area contributed by atoms with Crippen LogP contribution in [-0.2, 0) is 0 Å². The lowest BCUT2D eigenvalue weighted by Crippen LogP contribution is -2.32. The van der Waals surface area contributed by atoms with E-state index < -0.39 is 0 Å². The van der Waals surface area contributed by atoms with Crippen molar-refractivity contribution < 1.29 is 9.21 Å². The fourth-order valence-corrected chi connectivity index (χ4v) is 3.94. The van der Waals surface area contributed by atoms with Gasteiger partial charge >= 0.3 is 0 Å². The van der Waals surface area contributed by atoms with Gasteiger partial charge in [0.2, 0.25) is 0 Å². The topological polar surface area (TPSA) is 45.5 Å². The van der Waals surface area contributed by atoms with E-state index in [0.29, 0.717) is 21.5 Å². The van der Waals surface area contributed by atoms with E-state index in [9.17, 15) is 4.79 Å². The molecule has 29 heavy (non-hydrogen) atoms. The molecule has 1 N–H and O–H groups in total. The minimum Gasteiger partial charge on any atom is -0.451 e. The molecule has 2 aromatic carbocycles. The Bertz CT molecular complexity index is 1010. The average Bonchev–Trinajstić information content (AvgIpc) is 3.20. The van der Waals surface area contributed by atoms with Crippen LogP contribution < -0.4 is 10.2 Å². The number of carbonyl (C=O) groups excluding carboxylic acids is 1. The van der Waals surface area contributed by atoms with Gasteiger partial charge in [-0.2, -0.15) is 0 Å². The van der Waals surface area contributed by atoms with E-state index in [1.165, 1.54) is 12.8 Å². The smallest absolute Gasteiger partial charge is 0.291 e. The Morgan fingerprint density at radius 1 is 1.03 bits per heavy atom. The zero-order valence-corrected chi connectivity index (χ0v) is 17.6. The number of nitrogens with one attached hydrogen (secondary N) is 1. The maximum atomic E-state index is 12.6. The highest BCUT2D eigenvalue weighted by Gasteiger charge is 2.19. The molecule has 0 atom stereocenters. The van der Waals surface area contributed by atoms with Gasteiger partial charge in [0.15, 0.2) is 5.76 Å². The molecule has 0 bridgehead atoms. The first-order valence-corrected chi connectivity index (χ1v) is 10.5. The number of carbonyl (C=O) groups is 1. The van der Waals surface area contributed by atoms with Crippen LogP contribution >= 0.6 is 23.2 Å². The average molecular weight is 429 g/mol. The monoisotopic (exact) mass is 428 g/mol. The third-order valence-corrected chi connectivity index (χ3v) is 5.84. The van der Waals surface area contributed by atoms with E-state index in [1.54, 1.807) is 30.3 Å². The van der Waals surface area contributed by atoms with Crippen LogP contribution in [0, 0.1) is 5.92 Å². The molecule has 2 heterocycles. The first-order chi connectivity index (χ1) is 14.0. The van der Waals surface area contributed by atoms with Crippen molar-refractivity contribution in [3.8, 4) is 11.3 Å². The van der Waals surface area contributed by atoms with Gasteiger partial charge in [-0.25, -0.2) is 0 Å². The van der Waals surface area contributed by atoms with Crippen molar-refractivity contribution in [1.29, 1.82) is 0 Å². The van der Waals surface area contributed by atoms with Gasteiger partial charge in [0, 0.05) is 29.4 Å². The van der Waals surface area contributed by atoms with E-state index in [0.717, 1.165) is 30.3 Å². The molecule has 4 rings (SSSR count). The molecule has 3 aromatic rings. The van der Waals surface area contributed by atoms with E-state index >= 15 is 0 Å². The molecular weight excluding hydrogens is 407 g/mol. The Kier molecular flexibility index (Phi) is 5.84. The van der Waals surface area contributed by atoms with E-state index in [2.05, 4.69) is 17.1 Å². The Hall–Kier alpha value is -2.43. The molecule has 4 nitrogen and oxygen atoms in total. The highest BCUT2D eigenvalue weighted by atomic mass is 35.5. The summed E-state index contributed by atoms with van der Waals surface area (Å²) in [6, 6.07) is 16.3. The Morgan fingerprint density at radius 3 is 2.45 bits per heavy atom. The molecule has 6 heteroatoms. The number of furan rings is 1. The Labute approximate surface area is 180 Å². The predicted molar refractivity (Wildman–Crippen MR) is 119 cm³/mol. The van der Waals surface area contributed by atoms with Crippen molar-refractivity contribution in [3.05, 3.63) is 70.4 Å².